The Labute approximate surface area is 121 Å². The summed E-state index contributed by atoms with van der Waals surface area (Å²) in [5, 5.41) is 0.746. The molecule has 1 aliphatic rings. The zero-order valence-corrected chi connectivity index (χ0v) is 12.6. The molecule has 0 bridgehead atoms. The number of likely N-dealkylation sites (N-methyl/N-ethyl adjacent to an activating group) is 1. The van der Waals surface area contributed by atoms with E-state index < -0.39 is 0 Å². The molecule has 1 heterocycles. The Morgan fingerprint density at radius 2 is 1.89 bits per heavy atom. The van der Waals surface area contributed by atoms with Gasteiger partial charge in [-0.05, 0) is 64.3 Å². The lowest BCUT2D eigenvalue weighted by Gasteiger charge is -2.35. The Balaban J connectivity index is 1.69. The summed E-state index contributed by atoms with van der Waals surface area (Å²) in [6.45, 7) is 4.10. The topological polar surface area (TPSA) is 15.7 Å². The molecule has 0 N–H and O–H groups in total. The van der Waals surface area contributed by atoms with Gasteiger partial charge in [0.25, 0.3) is 0 Å². The first kappa shape index (κ1) is 14.6. The third-order valence-corrected chi connectivity index (χ3v) is 4.09. The minimum atomic E-state index is 0.699. The van der Waals surface area contributed by atoms with Crippen molar-refractivity contribution in [3.05, 3.63) is 29.3 Å². The lowest BCUT2D eigenvalue weighted by Crippen LogP contribution is -2.43. The maximum atomic E-state index is 5.84. The predicted octanol–water partition coefficient (Wildman–Crippen LogP) is 2.74. The Morgan fingerprint density at radius 3 is 2.53 bits per heavy atom. The van der Waals surface area contributed by atoms with Crippen molar-refractivity contribution in [1.29, 1.82) is 0 Å². The summed E-state index contributed by atoms with van der Waals surface area (Å²) in [7, 11) is 4.39. The van der Waals surface area contributed by atoms with Gasteiger partial charge < -0.3 is 9.64 Å². The van der Waals surface area contributed by atoms with E-state index in [0.29, 0.717) is 6.04 Å². The molecular weight excluding hydrogens is 260 g/mol. The molecule has 0 unspecified atom stereocenters. The lowest BCUT2D eigenvalue weighted by molar-refractivity contribution is 0.127. The molecule has 0 aliphatic carbocycles. The molecule has 1 saturated heterocycles. The number of benzene rings is 1. The van der Waals surface area contributed by atoms with Gasteiger partial charge in [0.2, 0.25) is 0 Å². The predicted molar refractivity (Wildman–Crippen MR) is 80.1 cm³/mol. The van der Waals surface area contributed by atoms with Crippen LogP contribution in [-0.2, 0) is 0 Å². The highest BCUT2D eigenvalue weighted by Gasteiger charge is 2.20. The highest BCUT2D eigenvalue weighted by Crippen LogP contribution is 2.16. The molecule has 2 rings (SSSR count). The maximum Gasteiger partial charge on any atom is 0.119 e. The molecule has 0 radical (unpaired) electrons. The van der Waals surface area contributed by atoms with Crippen LogP contribution in [-0.4, -0.2) is 56.2 Å². The molecule has 1 aromatic carbocycles. The fraction of sp³-hybridized carbons (Fsp3) is 0.600. The van der Waals surface area contributed by atoms with E-state index in [9.17, 15) is 0 Å². The van der Waals surface area contributed by atoms with Crippen LogP contribution in [0.3, 0.4) is 0 Å². The highest BCUT2D eigenvalue weighted by molar-refractivity contribution is 6.30. The molecule has 0 spiro atoms. The van der Waals surface area contributed by atoms with Gasteiger partial charge in [-0.2, -0.15) is 0 Å². The lowest BCUT2D eigenvalue weighted by atomic mass is 10.0. The molecule has 0 amide bonds. The molecule has 0 atom stereocenters. The summed E-state index contributed by atoms with van der Waals surface area (Å²) in [6, 6.07) is 8.25. The molecule has 1 aliphatic heterocycles. The average molecular weight is 283 g/mol. The Hall–Kier alpha value is -0.770. The van der Waals surface area contributed by atoms with Gasteiger partial charge in [-0.25, -0.2) is 0 Å². The SMILES string of the molecule is CN1CCC(N(C)CCOc2ccc(Cl)cc2)CC1. The molecular formula is C15H23ClN2O. The van der Waals surface area contributed by atoms with Gasteiger partial charge >= 0.3 is 0 Å². The normalized spacial score (nSPS) is 17.9. The van der Waals surface area contributed by atoms with Crippen molar-refractivity contribution in [3.8, 4) is 5.75 Å². The molecule has 1 fully saturated rings. The van der Waals surface area contributed by atoms with Crippen LogP contribution in [0.4, 0.5) is 0 Å². The van der Waals surface area contributed by atoms with Crippen molar-refractivity contribution in [3.63, 3.8) is 0 Å². The standard InChI is InChI=1S/C15H23ClN2O/c1-17-9-7-14(8-10-17)18(2)11-12-19-15-5-3-13(16)4-6-15/h3-6,14H,7-12H2,1-2H3. The second-order valence-corrected chi connectivity index (χ2v) is 5.75. The van der Waals surface area contributed by atoms with Crippen molar-refractivity contribution < 1.29 is 4.74 Å². The number of ether oxygens (including phenoxy) is 1. The van der Waals surface area contributed by atoms with Crippen LogP contribution in [0.5, 0.6) is 5.75 Å². The summed E-state index contributed by atoms with van der Waals surface area (Å²) in [4.78, 5) is 4.82. The second kappa shape index (κ2) is 7.13. The van der Waals surface area contributed by atoms with Gasteiger partial charge in [-0.1, -0.05) is 11.6 Å². The summed E-state index contributed by atoms with van der Waals surface area (Å²) in [6.07, 6.45) is 2.52. The van der Waals surface area contributed by atoms with Crippen LogP contribution < -0.4 is 4.74 Å². The molecule has 3 nitrogen and oxygen atoms in total. The largest absolute Gasteiger partial charge is 0.492 e. The van der Waals surface area contributed by atoms with E-state index in [1.54, 1.807) is 0 Å². The molecule has 19 heavy (non-hydrogen) atoms. The van der Waals surface area contributed by atoms with E-state index in [1.807, 2.05) is 24.3 Å². The first-order chi connectivity index (χ1) is 9.15. The molecule has 106 valence electrons. The molecule has 4 heteroatoms. The zero-order valence-electron chi connectivity index (χ0n) is 11.8. The van der Waals surface area contributed by atoms with E-state index in [2.05, 4.69) is 23.9 Å². The summed E-state index contributed by atoms with van der Waals surface area (Å²) in [5.41, 5.74) is 0. The minimum Gasteiger partial charge on any atom is -0.492 e. The van der Waals surface area contributed by atoms with Crippen LogP contribution in [0.1, 0.15) is 12.8 Å². The number of hydrogen-bond donors (Lipinski definition) is 0. The average Bonchev–Trinajstić information content (AvgIpc) is 2.41. The zero-order chi connectivity index (χ0) is 13.7. The van der Waals surface area contributed by atoms with Crippen LogP contribution in [0.25, 0.3) is 0 Å². The molecule has 0 aromatic heterocycles. The maximum absolute atomic E-state index is 5.84. The highest BCUT2D eigenvalue weighted by atomic mass is 35.5. The van der Waals surface area contributed by atoms with E-state index in [0.717, 1.165) is 23.9 Å². The van der Waals surface area contributed by atoms with Gasteiger partial charge in [0.1, 0.15) is 12.4 Å². The number of nitrogens with zero attached hydrogens (tertiary/aromatic N) is 2. The van der Waals surface area contributed by atoms with Crippen molar-refractivity contribution >= 4 is 11.6 Å². The third kappa shape index (κ3) is 4.68. The van der Waals surface area contributed by atoms with Gasteiger partial charge in [-0.15, -0.1) is 0 Å². The number of rotatable bonds is 5. The van der Waals surface area contributed by atoms with E-state index >= 15 is 0 Å². The fourth-order valence-electron chi connectivity index (χ4n) is 2.46. The van der Waals surface area contributed by atoms with Gasteiger partial charge in [0.15, 0.2) is 0 Å². The Morgan fingerprint density at radius 1 is 1.26 bits per heavy atom. The number of hydrogen-bond acceptors (Lipinski definition) is 3. The Bertz CT molecular complexity index is 374. The van der Waals surface area contributed by atoms with Crippen LogP contribution in [0, 0.1) is 0 Å². The number of piperidine rings is 1. The quantitative estimate of drug-likeness (QED) is 0.826. The number of likely N-dealkylation sites (tertiary alicyclic amines) is 1. The van der Waals surface area contributed by atoms with Gasteiger partial charge in [0, 0.05) is 17.6 Å². The monoisotopic (exact) mass is 282 g/mol. The summed E-state index contributed by atoms with van der Waals surface area (Å²) >= 11 is 5.84. The fourth-order valence-corrected chi connectivity index (χ4v) is 2.58. The van der Waals surface area contributed by atoms with Gasteiger partial charge in [0.05, 0.1) is 0 Å². The van der Waals surface area contributed by atoms with E-state index in [1.165, 1.54) is 25.9 Å². The Kier molecular flexibility index (Phi) is 5.49. The van der Waals surface area contributed by atoms with E-state index in [-0.39, 0.29) is 0 Å². The van der Waals surface area contributed by atoms with Crippen molar-refractivity contribution in [2.45, 2.75) is 18.9 Å². The van der Waals surface area contributed by atoms with Gasteiger partial charge in [-0.3, -0.25) is 4.90 Å². The van der Waals surface area contributed by atoms with Crippen molar-refractivity contribution in [2.75, 3.05) is 40.3 Å². The number of halogens is 1. The van der Waals surface area contributed by atoms with E-state index in [4.69, 9.17) is 16.3 Å². The third-order valence-electron chi connectivity index (χ3n) is 3.84. The van der Waals surface area contributed by atoms with Crippen LogP contribution in [0.2, 0.25) is 5.02 Å². The first-order valence-electron chi connectivity index (χ1n) is 6.92. The van der Waals surface area contributed by atoms with Crippen molar-refractivity contribution in [2.24, 2.45) is 0 Å². The molecule has 0 saturated carbocycles. The summed E-state index contributed by atoms with van der Waals surface area (Å²) < 4.78 is 5.73. The van der Waals surface area contributed by atoms with Crippen LogP contribution >= 0.6 is 11.6 Å². The first-order valence-corrected chi connectivity index (χ1v) is 7.30. The molecule has 1 aromatic rings. The second-order valence-electron chi connectivity index (χ2n) is 5.32. The van der Waals surface area contributed by atoms with Crippen molar-refractivity contribution in [1.82, 2.24) is 9.80 Å². The smallest absolute Gasteiger partial charge is 0.119 e. The van der Waals surface area contributed by atoms with Crippen LogP contribution in [0.15, 0.2) is 24.3 Å². The minimum absolute atomic E-state index is 0.699. The summed E-state index contributed by atoms with van der Waals surface area (Å²) in [5.74, 6) is 0.890.